The normalized spacial score (nSPS) is 34.4. The maximum absolute atomic E-state index is 12.6. The zero-order chi connectivity index (χ0) is 13.6. The summed E-state index contributed by atoms with van der Waals surface area (Å²) in [6, 6.07) is 0. The Bertz CT molecular complexity index is 341. The fourth-order valence-corrected chi connectivity index (χ4v) is 3.51. The minimum Gasteiger partial charge on any atom is -0.324 e. The highest BCUT2D eigenvalue weighted by Gasteiger charge is 2.52. The third-order valence-corrected chi connectivity index (χ3v) is 5.98. The van der Waals surface area contributed by atoms with Crippen LogP contribution in [0.5, 0.6) is 0 Å². The van der Waals surface area contributed by atoms with E-state index in [1.165, 1.54) is 12.8 Å². The van der Waals surface area contributed by atoms with Crippen molar-refractivity contribution in [3.8, 4) is 0 Å². The van der Waals surface area contributed by atoms with E-state index in [2.05, 4.69) is 37.2 Å². The second kappa shape index (κ2) is 4.71. The first-order valence-corrected chi connectivity index (χ1v) is 8.24. The van der Waals surface area contributed by atoms with Crippen molar-refractivity contribution in [3.05, 3.63) is 0 Å². The van der Waals surface area contributed by atoms with E-state index >= 15 is 0 Å². The molecule has 1 saturated carbocycles. The number of nitrogens with zero attached hydrogens (tertiary/aromatic N) is 1. The van der Waals surface area contributed by atoms with Crippen molar-refractivity contribution in [2.75, 3.05) is 12.8 Å². The lowest BCUT2D eigenvalue weighted by atomic mass is 9.99. The molecule has 1 N–H and O–H groups in total. The first-order valence-electron chi connectivity index (χ1n) is 7.01. The Morgan fingerprint density at radius 3 is 2.50 bits per heavy atom. The molecule has 0 aromatic heterocycles. The summed E-state index contributed by atoms with van der Waals surface area (Å²) in [7, 11) is 0. The Kier molecular flexibility index (Phi) is 3.72. The van der Waals surface area contributed by atoms with Gasteiger partial charge in [-0.15, -0.1) is 0 Å². The predicted molar refractivity (Wildman–Crippen MR) is 77.7 cm³/mol. The van der Waals surface area contributed by atoms with Gasteiger partial charge in [0.25, 0.3) is 0 Å². The highest BCUT2D eigenvalue weighted by molar-refractivity contribution is 8.00. The minimum absolute atomic E-state index is 0.201. The molecule has 1 aliphatic carbocycles. The molecular weight excluding hydrogens is 244 g/mol. The fraction of sp³-hybridized carbons (Fsp3) is 0.929. The van der Waals surface area contributed by atoms with Crippen LogP contribution in [0, 0.1) is 5.92 Å². The van der Waals surface area contributed by atoms with Crippen LogP contribution in [0.25, 0.3) is 0 Å². The molecule has 4 heteroatoms. The topological polar surface area (TPSA) is 32.3 Å². The predicted octanol–water partition coefficient (Wildman–Crippen LogP) is 2.46. The van der Waals surface area contributed by atoms with Gasteiger partial charge in [0, 0.05) is 11.3 Å². The van der Waals surface area contributed by atoms with Gasteiger partial charge in [-0.25, -0.2) is 0 Å². The lowest BCUT2D eigenvalue weighted by Gasteiger charge is -2.30. The second-order valence-electron chi connectivity index (χ2n) is 6.34. The van der Waals surface area contributed by atoms with Crippen LogP contribution in [0.3, 0.4) is 0 Å². The lowest BCUT2D eigenvalue weighted by Crippen LogP contribution is -2.45. The van der Waals surface area contributed by atoms with E-state index in [1.807, 2.05) is 18.7 Å². The number of hydrogen-bond donors (Lipinski definition) is 1. The van der Waals surface area contributed by atoms with E-state index in [1.54, 1.807) is 0 Å². The molecule has 0 radical (unpaired) electrons. The molecule has 3 nitrogen and oxygen atoms in total. The van der Waals surface area contributed by atoms with Crippen molar-refractivity contribution in [3.63, 3.8) is 0 Å². The maximum atomic E-state index is 12.6. The van der Waals surface area contributed by atoms with Gasteiger partial charge >= 0.3 is 0 Å². The van der Waals surface area contributed by atoms with Crippen molar-refractivity contribution in [2.24, 2.45) is 5.92 Å². The van der Waals surface area contributed by atoms with Crippen LogP contribution in [0.2, 0.25) is 0 Å². The Hall–Kier alpha value is -0.220. The Labute approximate surface area is 115 Å². The van der Waals surface area contributed by atoms with E-state index in [0.29, 0.717) is 16.6 Å². The Balaban J connectivity index is 2.17. The van der Waals surface area contributed by atoms with Crippen molar-refractivity contribution in [1.82, 2.24) is 10.2 Å². The first-order chi connectivity index (χ1) is 8.37. The molecule has 2 unspecified atom stereocenters. The van der Waals surface area contributed by atoms with Crippen LogP contribution in [-0.2, 0) is 4.79 Å². The summed E-state index contributed by atoms with van der Waals surface area (Å²) in [6.45, 7) is 9.44. The van der Waals surface area contributed by atoms with Gasteiger partial charge < -0.3 is 4.90 Å². The molecule has 1 aliphatic heterocycles. The molecule has 0 bridgehead atoms. The minimum atomic E-state index is -0.358. The van der Waals surface area contributed by atoms with Crippen LogP contribution in [0.1, 0.15) is 47.0 Å². The average molecular weight is 270 g/mol. The molecule has 1 saturated heterocycles. The number of carbonyl (C=O) groups is 1. The molecule has 1 amide bonds. The van der Waals surface area contributed by atoms with E-state index in [-0.39, 0.29) is 11.7 Å². The third kappa shape index (κ3) is 2.29. The van der Waals surface area contributed by atoms with Crippen LogP contribution in [0.15, 0.2) is 0 Å². The zero-order valence-corrected chi connectivity index (χ0v) is 13.1. The fourth-order valence-electron chi connectivity index (χ4n) is 2.74. The SMILES string of the molecule is CCC1(C)NC(C(C)C)N(CC2(SC)CC2)C1=O. The summed E-state index contributed by atoms with van der Waals surface area (Å²) >= 11 is 1.93. The van der Waals surface area contributed by atoms with Crippen molar-refractivity contribution in [2.45, 2.75) is 63.4 Å². The molecule has 0 aromatic carbocycles. The van der Waals surface area contributed by atoms with Gasteiger partial charge in [0.05, 0.1) is 11.7 Å². The number of hydrogen-bond acceptors (Lipinski definition) is 3. The molecule has 2 aliphatic rings. The molecule has 104 valence electrons. The van der Waals surface area contributed by atoms with Crippen molar-refractivity contribution in [1.29, 1.82) is 0 Å². The average Bonchev–Trinajstić information content (AvgIpc) is 3.07. The van der Waals surface area contributed by atoms with E-state index in [0.717, 1.165) is 13.0 Å². The van der Waals surface area contributed by atoms with Crippen LogP contribution in [0.4, 0.5) is 0 Å². The zero-order valence-electron chi connectivity index (χ0n) is 12.2. The van der Waals surface area contributed by atoms with Gasteiger partial charge in [0.15, 0.2) is 0 Å². The molecule has 0 spiro atoms. The maximum Gasteiger partial charge on any atom is 0.243 e. The Morgan fingerprint density at radius 1 is 1.50 bits per heavy atom. The number of rotatable bonds is 5. The lowest BCUT2D eigenvalue weighted by molar-refractivity contribution is -0.133. The molecule has 2 rings (SSSR count). The monoisotopic (exact) mass is 270 g/mol. The standard InChI is InChI=1S/C14H26N2OS/c1-6-13(4)12(17)16(11(15-13)10(2)3)9-14(18-5)7-8-14/h10-11,15H,6-9H2,1-5H3. The van der Waals surface area contributed by atoms with Gasteiger partial charge in [-0.3, -0.25) is 10.1 Å². The van der Waals surface area contributed by atoms with Crippen LogP contribution >= 0.6 is 11.8 Å². The largest absolute Gasteiger partial charge is 0.324 e. The van der Waals surface area contributed by atoms with Crippen molar-refractivity contribution >= 4 is 17.7 Å². The number of amides is 1. The van der Waals surface area contributed by atoms with Crippen LogP contribution in [-0.4, -0.2) is 40.1 Å². The molecule has 0 aromatic rings. The van der Waals surface area contributed by atoms with E-state index in [9.17, 15) is 4.79 Å². The van der Waals surface area contributed by atoms with Crippen molar-refractivity contribution < 1.29 is 4.79 Å². The van der Waals surface area contributed by atoms with Gasteiger partial charge in [-0.2, -0.15) is 11.8 Å². The first kappa shape index (κ1) is 14.2. The number of carbonyl (C=O) groups excluding carboxylic acids is 1. The quantitative estimate of drug-likeness (QED) is 0.833. The van der Waals surface area contributed by atoms with Crippen LogP contribution < -0.4 is 5.32 Å². The summed E-state index contributed by atoms with van der Waals surface area (Å²) < 4.78 is 0.351. The highest BCUT2D eigenvalue weighted by atomic mass is 32.2. The number of thioether (sulfide) groups is 1. The highest BCUT2D eigenvalue weighted by Crippen LogP contribution is 2.48. The summed E-state index contributed by atoms with van der Waals surface area (Å²) in [6.07, 6.45) is 5.74. The molecule has 2 fully saturated rings. The van der Waals surface area contributed by atoms with E-state index in [4.69, 9.17) is 0 Å². The number of nitrogens with one attached hydrogen (secondary N) is 1. The molecule has 2 atom stereocenters. The van der Waals surface area contributed by atoms with Gasteiger partial charge in [-0.1, -0.05) is 20.8 Å². The summed E-state index contributed by atoms with van der Waals surface area (Å²) in [5, 5.41) is 3.56. The van der Waals surface area contributed by atoms with Gasteiger partial charge in [-0.05, 0) is 38.4 Å². The second-order valence-corrected chi connectivity index (χ2v) is 7.61. The summed E-state index contributed by atoms with van der Waals surface area (Å²) in [5.74, 6) is 0.754. The van der Waals surface area contributed by atoms with Gasteiger partial charge in [0.2, 0.25) is 5.91 Å². The summed E-state index contributed by atoms with van der Waals surface area (Å²) in [5.41, 5.74) is -0.358. The van der Waals surface area contributed by atoms with E-state index < -0.39 is 0 Å². The third-order valence-electron chi connectivity index (χ3n) is 4.57. The van der Waals surface area contributed by atoms with Gasteiger partial charge in [0.1, 0.15) is 0 Å². The summed E-state index contributed by atoms with van der Waals surface area (Å²) in [4.78, 5) is 14.8. The molecule has 18 heavy (non-hydrogen) atoms. The smallest absolute Gasteiger partial charge is 0.243 e. The molecule has 1 heterocycles. The molecular formula is C14H26N2OS. The Morgan fingerprint density at radius 2 is 2.11 bits per heavy atom.